The minimum Gasteiger partial charge on any atom is -0.484 e. The molecule has 5 N–H and O–H groups in total. The van der Waals surface area contributed by atoms with E-state index in [0.29, 0.717) is 0 Å². The predicted octanol–water partition coefficient (Wildman–Crippen LogP) is 0.288. The number of hydrogen-bond acceptors (Lipinski definition) is 4. The molecular weight excluding hydrogens is 333 g/mol. The minimum atomic E-state index is -4.53. The molecule has 8 nitrogen and oxygen atoms in total. The predicted molar refractivity (Wildman–Crippen MR) is 75.4 cm³/mol. The number of hydrazine groups is 1. The number of nitrogens with one attached hydrogen (secondary N) is 3. The number of amides is 4. The van der Waals surface area contributed by atoms with Crippen molar-refractivity contribution in [3.8, 4) is 5.75 Å². The molecule has 0 radical (unpaired) electrons. The summed E-state index contributed by atoms with van der Waals surface area (Å²) in [5.41, 5.74) is 7.87. The van der Waals surface area contributed by atoms with E-state index < -0.39 is 42.2 Å². The molecule has 0 bridgehead atoms. The summed E-state index contributed by atoms with van der Waals surface area (Å²) in [5, 5.41) is 2.08. The van der Waals surface area contributed by atoms with Gasteiger partial charge in [0.2, 0.25) is 0 Å². The molecule has 0 saturated heterocycles. The molecule has 11 heteroatoms. The van der Waals surface area contributed by atoms with Crippen molar-refractivity contribution in [1.29, 1.82) is 0 Å². The Hall–Kier alpha value is -2.98. The number of rotatable bonds is 5. The Bertz CT molecular complexity index is 621. The lowest BCUT2D eigenvalue weighted by Crippen LogP contribution is -2.52. The van der Waals surface area contributed by atoms with Crippen molar-refractivity contribution in [2.24, 2.45) is 5.73 Å². The van der Waals surface area contributed by atoms with Gasteiger partial charge in [-0.05, 0) is 25.1 Å². The Labute approximate surface area is 134 Å². The van der Waals surface area contributed by atoms with Crippen molar-refractivity contribution in [2.75, 3.05) is 6.61 Å². The molecule has 0 aliphatic rings. The Kier molecular flexibility index (Phi) is 6.38. The van der Waals surface area contributed by atoms with Gasteiger partial charge in [0.25, 0.3) is 11.8 Å². The van der Waals surface area contributed by atoms with Crippen LogP contribution >= 0.6 is 0 Å². The molecule has 4 amide bonds. The van der Waals surface area contributed by atoms with Crippen LogP contribution in [0.2, 0.25) is 0 Å². The Morgan fingerprint density at radius 3 is 2.50 bits per heavy atom. The second-order valence-corrected chi connectivity index (χ2v) is 4.58. The first-order valence-electron chi connectivity index (χ1n) is 6.54. The second kappa shape index (κ2) is 8.04. The van der Waals surface area contributed by atoms with Gasteiger partial charge in [0.1, 0.15) is 11.8 Å². The molecule has 1 aromatic rings. The zero-order chi connectivity index (χ0) is 18.3. The summed E-state index contributed by atoms with van der Waals surface area (Å²) in [4.78, 5) is 33.5. The summed E-state index contributed by atoms with van der Waals surface area (Å²) in [5.74, 6) is -1.72. The van der Waals surface area contributed by atoms with Gasteiger partial charge in [0.15, 0.2) is 6.61 Å². The van der Waals surface area contributed by atoms with Crippen LogP contribution in [0.1, 0.15) is 12.5 Å². The largest absolute Gasteiger partial charge is 0.484 e. The van der Waals surface area contributed by atoms with Crippen LogP contribution in [-0.2, 0) is 15.8 Å². The van der Waals surface area contributed by atoms with E-state index in [9.17, 15) is 27.6 Å². The summed E-state index contributed by atoms with van der Waals surface area (Å²) < 4.78 is 42.5. The third kappa shape index (κ3) is 6.42. The van der Waals surface area contributed by atoms with Crippen molar-refractivity contribution in [2.45, 2.75) is 19.1 Å². The van der Waals surface area contributed by atoms with E-state index in [2.05, 4.69) is 5.32 Å². The number of alkyl halides is 3. The number of ether oxygens (including phenoxy) is 1. The summed E-state index contributed by atoms with van der Waals surface area (Å²) in [6.07, 6.45) is -4.53. The third-order valence-corrected chi connectivity index (χ3v) is 2.61. The highest BCUT2D eigenvalue weighted by Gasteiger charge is 2.30. The van der Waals surface area contributed by atoms with E-state index in [1.807, 2.05) is 10.9 Å². The molecule has 24 heavy (non-hydrogen) atoms. The zero-order valence-corrected chi connectivity index (χ0v) is 12.4. The topological polar surface area (TPSA) is 123 Å². The summed E-state index contributed by atoms with van der Waals surface area (Å²) in [7, 11) is 0. The highest BCUT2D eigenvalue weighted by Crippen LogP contribution is 2.31. The standard InChI is InChI=1S/C13H15F3N4O4/c1-7(18-12(17)23)11(22)20-19-10(21)6-24-9-4-2-3-8(5-9)13(14,15)16/h2-5,7H,6H2,1H3,(H,19,21)(H,20,22)(H3,17,18,23)/t7-/m0/s1. The van der Waals surface area contributed by atoms with Crippen LogP contribution in [0.15, 0.2) is 24.3 Å². The highest BCUT2D eigenvalue weighted by atomic mass is 19.4. The Morgan fingerprint density at radius 1 is 1.25 bits per heavy atom. The minimum absolute atomic E-state index is 0.157. The van der Waals surface area contributed by atoms with Crippen molar-refractivity contribution in [1.82, 2.24) is 16.2 Å². The summed E-state index contributed by atoms with van der Waals surface area (Å²) >= 11 is 0. The molecule has 0 aliphatic carbocycles. The van der Waals surface area contributed by atoms with Gasteiger partial charge in [-0.15, -0.1) is 0 Å². The van der Waals surface area contributed by atoms with Crippen LogP contribution in [0.5, 0.6) is 5.75 Å². The number of benzene rings is 1. The van der Waals surface area contributed by atoms with E-state index in [1.165, 1.54) is 13.0 Å². The lowest BCUT2D eigenvalue weighted by molar-refractivity contribution is -0.137. The molecule has 0 fully saturated rings. The van der Waals surface area contributed by atoms with Crippen LogP contribution in [0.3, 0.4) is 0 Å². The molecule has 0 heterocycles. The maximum atomic E-state index is 12.5. The fourth-order valence-corrected chi connectivity index (χ4v) is 1.47. The average molecular weight is 348 g/mol. The fourth-order valence-electron chi connectivity index (χ4n) is 1.47. The van der Waals surface area contributed by atoms with Crippen LogP contribution < -0.4 is 26.6 Å². The van der Waals surface area contributed by atoms with Gasteiger partial charge in [-0.25, -0.2) is 4.79 Å². The molecular formula is C13H15F3N4O4. The molecule has 0 saturated carbocycles. The molecule has 0 aromatic heterocycles. The van der Waals surface area contributed by atoms with Gasteiger partial charge in [0.05, 0.1) is 5.56 Å². The lowest BCUT2D eigenvalue weighted by Gasteiger charge is -2.13. The third-order valence-electron chi connectivity index (χ3n) is 2.61. The number of halogens is 3. The first kappa shape index (κ1) is 19.1. The van der Waals surface area contributed by atoms with Crippen LogP contribution in [0, 0.1) is 0 Å². The molecule has 0 aliphatic heterocycles. The molecule has 1 atom stereocenters. The van der Waals surface area contributed by atoms with Crippen molar-refractivity contribution in [3.63, 3.8) is 0 Å². The molecule has 1 rings (SSSR count). The van der Waals surface area contributed by atoms with Gasteiger partial charge in [-0.2, -0.15) is 13.2 Å². The molecule has 0 unspecified atom stereocenters. The lowest BCUT2D eigenvalue weighted by atomic mass is 10.2. The normalized spacial score (nSPS) is 12.0. The highest BCUT2D eigenvalue weighted by molar-refractivity contribution is 5.88. The van der Waals surface area contributed by atoms with E-state index >= 15 is 0 Å². The quantitative estimate of drug-likeness (QED) is 0.571. The summed E-state index contributed by atoms with van der Waals surface area (Å²) in [6, 6.07) is 2.07. The zero-order valence-electron chi connectivity index (χ0n) is 12.4. The summed E-state index contributed by atoms with van der Waals surface area (Å²) in [6.45, 7) is 0.699. The van der Waals surface area contributed by atoms with E-state index in [0.717, 1.165) is 18.2 Å². The van der Waals surface area contributed by atoms with Gasteiger partial charge in [-0.1, -0.05) is 6.07 Å². The van der Waals surface area contributed by atoms with E-state index in [1.54, 1.807) is 0 Å². The van der Waals surface area contributed by atoms with Gasteiger partial charge in [-0.3, -0.25) is 20.4 Å². The van der Waals surface area contributed by atoms with Crippen molar-refractivity contribution < 1.29 is 32.3 Å². The van der Waals surface area contributed by atoms with Gasteiger partial charge in [0, 0.05) is 0 Å². The first-order valence-corrected chi connectivity index (χ1v) is 6.54. The SMILES string of the molecule is C[C@H](NC(N)=O)C(=O)NNC(=O)COc1cccc(C(F)(F)F)c1. The van der Waals surface area contributed by atoms with Crippen LogP contribution in [0.4, 0.5) is 18.0 Å². The monoisotopic (exact) mass is 348 g/mol. The maximum Gasteiger partial charge on any atom is 0.416 e. The van der Waals surface area contributed by atoms with Crippen LogP contribution in [-0.4, -0.2) is 30.5 Å². The number of carbonyl (C=O) groups excluding carboxylic acids is 3. The number of primary amides is 1. The second-order valence-electron chi connectivity index (χ2n) is 4.58. The number of nitrogens with two attached hydrogens (primary N) is 1. The molecule has 132 valence electrons. The average Bonchev–Trinajstić information content (AvgIpc) is 2.49. The molecule has 0 spiro atoms. The fraction of sp³-hybridized carbons (Fsp3) is 0.308. The van der Waals surface area contributed by atoms with E-state index in [-0.39, 0.29) is 5.75 Å². The van der Waals surface area contributed by atoms with Crippen molar-refractivity contribution >= 4 is 17.8 Å². The maximum absolute atomic E-state index is 12.5. The number of urea groups is 1. The van der Waals surface area contributed by atoms with Crippen molar-refractivity contribution in [3.05, 3.63) is 29.8 Å². The van der Waals surface area contributed by atoms with Gasteiger partial charge < -0.3 is 15.8 Å². The number of hydrogen-bond donors (Lipinski definition) is 4. The smallest absolute Gasteiger partial charge is 0.416 e. The Morgan fingerprint density at radius 2 is 1.92 bits per heavy atom. The Balaban J connectivity index is 2.44. The van der Waals surface area contributed by atoms with Crippen LogP contribution in [0.25, 0.3) is 0 Å². The van der Waals surface area contributed by atoms with E-state index in [4.69, 9.17) is 10.5 Å². The molecule has 1 aromatic carbocycles. The van der Waals surface area contributed by atoms with Gasteiger partial charge >= 0.3 is 12.2 Å². The number of carbonyl (C=O) groups is 3. The first-order chi connectivity index (χ1) is 11.1.